The van der Waals surface area contributed by atoms with Gasteiger partial charge in [0.25, 0.3) is 0 Å². The summed E-state index contributed by atoms with van der Waals surface area (Å²) in [6, 6.07) is 3.02. The maximum absolute atomic E-state index is 3.51. The summed E-state index contributed by atoms with van der Waals surface area (Å²) in [5, 5.41) is 5.68. The van der Waals surface area contributed by atoms with E-state index < -0.39 is 0 Å². The van der Waals surface area contributed by atoms with Crippen molar-refractivity contribution >= 4 is 23.7 Å². The van der Waals surface area contributed by atoms with Gasteiger partial charge in [0, 0.05) is 17.5 Å². The van der Waals surface area contributed by atoms with E-state index >= 15 is 0 Å². The van der Waals surface area contributed by atoms with Gasteiger partial charge in [0.2, 0.25) is 0 Å². The molecule has 12 heavy (non-hydrogen) atoms. The predicted octanol–water partition coefficient (Wildman–Crippen LogP) is 2.73. The molecule has 3 heteroatoms. The van der Waals surface area contributed by atoms with Crippen molar-refractivity contribution in [2.75, 3.05) is 0 Å². The van der Waals surface area contributed by atoms with Crippen LogP contribution in [0.15, 0.2) is 11.4 Å². The second-order valence-corrected chi connectivity index (χ2v) is 4.18. The van der Waals surface area contributed by atoms with Crippen molar-refractivity contribution in [2.24, 2.45) is 0 Å². The van der Waals surface area contributed by atoms with E-state index in [0.717, 1.165) is 12.6 Å². The van der Waals surface area contributed by atoms with E-state index in [9.17, 15) is 0 Å². The van der Waals surface area contributed by atoms with Gasteiger partial charge in [-0.25, -0.2) is 0 Å². The number of hydrogen-bond donors (Lipinski definition) is 1. The molecule has 0 bridgehead atoms. The molecule has 1 N–H and O–H groups in total. The quantitative estimate of drug-likeness (QED) is 0.797. The molecule has 0 spiro atoms. The van der Waals surface area contributed by atoms with Gasteiger partial charge in [-0.3, -0.25) is 0 Å². The smallest absolute Gasteiger partial charge is 0.0304 e. The molecule has 1 saturated carbocycles. The summed E-state index contributed by atoms with van der Waals surface area (Å²) in [6.07, 6.45) is 2.76. The van der Waals surface area contributed by atoms with E-state index in [1.54, 1.807) is 0 Å². The van der Waals surface area contributed by atoms with Crippen LogP contribution in [0.2, 0.25) is 0 Å². The zero-order chi connectivity index (χ0) is 7.68. The summed E-state index contributed by atoms with van der Waals surface area (Å²) < 4.78 is 0. The summed E-state index contributed by atoms with van der Waals surface area (Å²) in [4.78, 5) is 1.50. The van der Waals surface area contributed by atoms with E-state index in [1.807, 2.05) is 11.3 Å². The first-order chi connectivity index (χ1) is 5.36. The lowest BCUT2D eigenvalue weighted by Crippen LogP contribution is -2.14. The van der Waals surface area contributed by atoms with Crippen molar-refractivity contribution in [2.45, 2.75) is 32.4 Å². The Hall–Kier alpha value is -0.0500. The SMILES string of the molecule is Cc1ccsc1CNC1CC1.Cl. The molecule has 68 valence electrons. The second-order valence-electron chi connectivity index (χ2n) is 3.18. The Labute approximate surface area is 83.6 Å². The molecule has 0 atom stereocenters. The van der Waals surface area contributed by atoms with Crippen LogP contribution in [0.4, 0.5) is 0 Å². The minimum Gasteiger partial charge on any atom is -0.309 e. The largest absolute Gasteiger partial charge is 0.309 e. The topological polar surface area (TPSA) is 12.0 Å². The predicted molar refractivity (Wildman–Crippen MR) is 56.2 cm³/mol. The maximum Gasteiger partial charge on any atom is 0.0304 e. The van der Waals surface area contributed by atoms with Crippen LogP contribution in [-0.4, -0.2) is 6.04 Å². The van der Waals surface area contributed by atoms with Crippen LogP contribution in [0.25, 0.3) is 0 Å². The molecule has 0 aromatic carbocycles. The lowest BCUT2D eigenvalue weighted by molar-refractivity contribution is 0.693. The molecule has 2 rings (SSSR count). The summed E-state index contributed by atoms with van der Waals surface area (Å²) in [5.74, 6) is 0. The molecular formula is C9H14ClNS. The molecular weight excluding hydrogens is 190 g/mol. The minimum absolute atomic E-state index is 0. The van der Waals surface area contributed by atoms with Gasteiger partial charge >= 0.3 is 0 Å². The average molecular weight is 204 g/mol. The van der Waals surface area contributed by atoms with Crippen LogP contribution in [0.5, 0.6) is 0 Å². The van der Waals surface area contributed by atoms with E-state index in [2.05, 4.69) is 23.7 Å². The summed E-state index contributed by atoms with van der Waals surface area (Å²) >= 11 is 1.86. The van der Waals surface area contributed by atoms with Crippen molar-refractivity contribution in [3.05, 3.63) is 21.9 Å². The Morgan fingerprint density at radius 2 is 2.33 bits per heavy atom. The van der Waals surface area contributed by atoms with Crippen LogP contribution in [0.1, 0.15) is 23.3 Å². The molecule has 0 saturated heterocycles. The second kappa shape index (κ2) is 4.26. The first-order valence-electron chi connectivity index (χ1n) is 4.12. The van der Waals surface area contributed by atoms with Crippen LogP contribution >= 0.6 is 23.7 Å². The van der Waals surface area contributed by atoms with Crippen molar-refractivity contribution in [1.82, 2.24) is 5.32 Å². The lowest BCUT2D eigenvalue weighted by atomic mass is 10.3. The van der Waals surface area contributed by atoms with Crippen LogP contribution < -0.4 is 5.32 Å². The van der Waals surface area contributed by atoms with Crippen LogP contribution in [0, 0.1) is 6.92 Å². The molecule has 0 unspecified atom stereocenters. The van der Waals surface area contributed by atoms with Crippen LogP contribution in [-0.2, 0) is 6.54 Å². The van der Waals surface area contributed by atoms with Crippen molar-refractivity contribution in [3.63, 3.8) is 0 Å². The van der Waals surface area contributed by atoms with Crippen molar-refractivity contribution in [3.8, 4) is 0 Å². The van der Waals surface area contributed by atoms with E-state index in [1.165, 1.54) is 23.3 Å². The first kappa shape index (κ1) is 10.0. The van der Waals surface area contributed by atoms with Gasteiger partial charge in [-0.15, -0.1) is 23.7 Å². The standard InChI is InChI=1S/C9H13NS.ClH/c1-7-4-5-11-9(7)6-10-8-2-3-8;/h4-5,8,10H,2-3,6H2,1H3;1H. The highest BCUT2D eigenvalue weighted by atomic mass is 35.5. The van der Waals surface area contributed by atoms with Crippen molar-refractivity contribution in [1.29, 1.82) is 0 Å². The zero-order valence-electron chi connectivity index (χ0n) is 7.17. The fourth-order valence-corrected chi connectivity index (χ4v) is 1.97. The molecule has 1 aromatic heterocycles. The number of thiophene rings is 1. The Balaban J connectivity index is 0.000000720. The fourth-order valence-electron chi connectivity index (χ4n) is 1.11. The Morgan fingerprint density at radius 3 is 2.83 bits per heavy atom. The van der Waals surface area contributed by atoms with E-state index in [4.69, 9.17) is 0 Å². The number of hydrogen-bond acceptors (Lipinski definition) is 2. The van der Waals surface area contributed by atoms with E-state index in [0.29, 0.717) is 0 Å². The summed E-state index contributed by atoms with van der Waals surface area (Å²) in [7, 11) is 0. The summed E-state index contributed by atoms with van der Waals surface area (Å²) in [5.41, 5.74) is 1.43. The van der Waals surface area contributed by atoms with Gasteiger partial charge in [-0.1, -0.05) is 0 Å². The lowest BCUT2D eigenvalue weighted by Gasteiger charge is -2.00. The number of halogens is 1. The molecule has 0 amide bonds. The number of rotatable bonds is 3. The average Bonchev–Trinajstić information content (AvgIpc) is 2.73. The highest BCUT2D eigenvalue weighted by Gasteiger charge is 2.20. The number of aryl methyl sites for hydroxylation is 1. The third-order valence-electron chi connectivity index (χ3n) is 2.10. The fraction of sp³-hybridized carbons (Fsp3) is 0.556. The van der Waals surface area contributed by atoms with Gasteiger partial charge in [0.15, 0.2) is 0 Å². The van der Waals surface area contributed by atoms with Gasteiger partial charge in [0.1, 0.15) is 0 Å². The normalized spacial score (nSPS) is 15.8. The molecule has 1 aromatic rings. The van der Waals surface area contributed by atoms with E-state index in [-0.39, 0.29) is 12.4 Å². The number of nitrogens with one attached hydrogen (secondary N) is 1. The molecule has 1 nitrogen and oxygen atoms in total. The Bertz CT molecular complexity index is 242. The maximum atomic E-state index is 3.51. The molecule has 0 aliphatic heterocycles. The Kier molecular flexibility index (Phi) is 3.56. The molecule has 1 fully saturated rings. The Morgan fingerprint density at radius 1 is 1.58 bits per heavy atom. The van der Waals surface area contributed by atoms with Crippen LogP contribution in [0.3, 0.4) is 0 Å². The summed E-state index contributed by atoms with van der Waals surface area (Å²) in [6.45, 7) is 3.26. The zero-order valence-corrected chi connectivity index (χ0v) is 8.80. The molecule has 1 aliphatic carbocycles. The highest BCUT2D eigenvalue weighted by molar-refractivity contribution is 7.10. The molecule has 1 aliphatic rings. The highest BCUT2D eigenvalue weighted by Crippen LogP contribution is 2.21. The minimum atomic E-state index is 0. The van der Waals surface area contributed by atoms with Crippen molar-refractivity contribution < 1.29 is 0 Å². The third-order valence-corrected chi connectivity index (χ3v) is 3.12. The van der Waals surface area contributed by atoms with Gasteiger partial charge in [-0.05, 0) is 36.8 Å². The first-order valence-corrected chi connectivity index (χ1v) is 5.00. The molecule has 1 heterocycles. The molecule has 0 radical (unpaired) electrons. The van der Waals surface area contributed by atoms with Gasteiger partial charge < -0.3 is 5.32 Å². The van der Waals surface area contributed by atoms with Gasteiger partial charge in [0.05, 0.1) is 0 Å². The third kappa shape index (κ3) is 2.47. The van der Waals surface area contributed by atoms with Gasteiger partial charge in [-0.2, -0.15) is 0 Å². The monoisotopic (exact) mass is 203 g/mol.